The first kappa shape index (κ1) is 11.5. The minimum absolute atomic E-state index is 0.289. The number of aromatic amines is 2. The third kappa shape index (κ3) is 1.60. The van der Waals surface area contributed by atoms with Crippen molar-refractivity contribution in [3.8, 4) is 11.5 Å². The number of rotatable bonds is 2. The summed E-state index contributed by atoms with van der Waals surface area (Å²) >= 11 is 0. The van der Waals surface area contributed by atoms with E-state index < -0.39 is 11.2 Å². The van der Waals surface area contributed by atoms with Crippen LogP contribution in [0.25, 0.3) is 22.7 Å². The average Bonchev–Trinajstić information content (AvgIpc) is 2.95. The Labute approximate surface area is 106 Å². The molecule has 0 radical (unpaired) electrons. The molecule has 8 nitrogen and oxygen atoms in total. The fourth-order valence-electron chi connectivity index (χ4n) is 2.04. The molecule has 98 valence electrons. The molecule has 0 atom stereocenters. The van der Waals surface area contributed by atoms with Gasteiger partial charge in [0, 0.05) is 13.6 Å². The summed E-state index contributed by atoms with van der Waals surface area (Å²) in [4.78, 5) is 37.0. The zero-order valence-electron chi connectivity index (χ0n) is 10.5. The highest BCUT2D eigenvalue weighted by molar-refractivity contribution is 5.74. The van der Waals surface area contributed by atoms with Crippen LogP contribution in [-0.4, -0.2) is 29.1 Å². The molecule has 0 bridgehead atoms. The van der Waals surface area contributed by atoms with Crippen LogP contribution in [-0.2, 0) is 13.6 Å². The number of aromatic nitrogens is 6. The van der Waals surface area contributed by atoms with E-state index in [0.717, 1.165) is 5.69 Å². The summed E-state index contributed by atoms with van der Waals surface area (Å²) in [5, 5.41) is 0. The van der Waals surface area contributed by atoms with Gasteiger partial charge in [0.05, 0.1) is 12.5 Å². The lowest BCUT2D eigenvalue weighted by Crippen LogP contribution is -2.29. The fourth-order valence-corrected chi connectivity index (χ4v) is 2.04. The minimum atomic E-state index is -0.467. The normalized spacial score (nSPS) is 11.3. The summed E-state index contributed by atoms with van der Waals surface area (Å²) < 4.78 is 3.19. The molecule has 19 heavy (non-hydrogen) atoms. The van der Waals surface area contributed by atoms with Crippen LogP contribution in [0.1, 0.15) is 6.92 Å². The molecule has 0 aromatic carbocycles. The van der Waals surface area contributed by atoms with E-state index in [1.807, 2.05) is 14.0 Å². The molecule has 0 aliphatic rings. The number of hydrogen-bond donors (Lipinski definition) is 2. The second-order valence-corrected chi connectivity index (χ2v) is 4.18. The Bertz CT molecular complexity index is 865. The second kappa shape index (κ2) is 3.94. The summed E-state index contributed by atoms with van der Waals surface area (Å²) in [7, 11) is 1.83. The van der Waals surface area contributed by atoms with E-state index in [2.05, 4.69) is 19.9 Å². The Morgan fingerprint density at radius 1 is 1.32 bits per heavy atom. The van der Waals surface area contributed by atoms with Crippen LogP contribution < -0.4 is 11.2 Å². The van der Waals surface area contributed by atoms with Crippen LogP contribution in [0.3, 0.4) is 0 Å². The van der Waals surface area contributed by atoms with Crippen LogP contribution >= 0.6 is 0 Å². The number of hydrogen-bond acceptors (Lipinski definition) is 4. The molecule has 0 saturated carbocycles. The van der Waals surface area contributed by atoms with Gasteiger partial charge < -0.3 is 9.55 Å². The number of imidazole rings is 2. The minimum Gasteiger partial charge on any atom is -0.331 e. The number of H-pyrrole nitrogens is 2. The molecule has 8 heteroatoms. The average molecular weight is 260 g/mol. The molecule has 0 unspecified atom stereocenters. The van der Waals surface area contributed by atoms with Gasteiger partial charge in [-0.25, -0.2) is 14.8 Å². The molecule has 3 rings (SSSR count). The first-order chi connectivity index (χ1) is 9.11. The Morgan fingerprint density at radius 3 is 2.74 bits per heavy atom. The van der Waals surface area contributed by atoms with Gasteiger partial charge in [0.25, 0.3) is 5.56 Å². The Balaban J connectivity index is 2.38. The largest absolute Gasteiger partial charge is 0.331 e. The van der Waals surface area contributed by atoms with Crippen molar-refractivity contribution in [1.82, 2.24) is 29.1 Å². The lowest BCUT2D eigenvalue weighted by Gasteiger charge is -1.99. The van der Waals surface area contributed by atoms with Gasteiger partial charge in [-0.05, 0) is 6.92 Å². The number of nitrogens with zero attached hydrogens (tertiary/aromatic N) is 4. The smallest absolute Gasteiger partial charge is 0.330 e. The number of nitrogens with one attached hydrogen (secondary N) is 2. The molecule has 0 amide bonds. The van der Waals surface area contributed by atoms with Crippen molar-refractivity contribution in [2.24, 2.45) is 7.05 Å². The Hall–Kier alpha value is -2.64. The summed E-state index contributed by atoms with van der Waals surface area (Å²) in [6, 6.07) is 0. The monoisotopic (exact) mass is 260 g/mol. The van der Waals surface area contributed by atoms with Crippen molar-refractivity contribution in [3.63, 3.8) is 0 Å². The summed E-state index contributed by atoms with van der Waals surface area (Å²) in [6.45, 7) is 2.25. The molecular formula is C11H12N6O2. The van der Waals surface area contributed by atoms with Crippen molar-refractivity contribution in [2.45, 2.75) is 13.5 Å². The van der Waals surface area contributed by atoms with Gasteiger partial charge in [0.1, 0.15) is 11.2 Å². The summed E-state index contributed by atoms with van der Waals surface area (Å²) in [5.41, 5.74) is 0.462. The molecule has 0 saturated heterocycles. The van der Waals surface area contributed by atoms with Crippen LogP contribution in [0.2, 0.25) is 0 Å². The van der Waals surface area contributed by atoms with Gasteiger partial charge in [-0.15, -0.1) is 0 Å². The van der Waals surface area contributed by atoms with Gasteiger partial charge in [0.2, 0.25) is 0 Å². The molecule has 0 spiro atoms. The van der Waals surface area contributed by atoms with Crippen molar-refractivity contribution in [1.29, 1.82) is 0 Å². The predicted octanol–water partition coefficient (Wildman–Crippen LogP) is -0.167. The highest BCUT2D eigenvalue weighted by atomic mass is 16.2. The van der Waals surface area contributed by atoms with E-state index in [4.69, 9.17) is 0 Å². The highest BCUT2D eigenvalue weighted by Gasteiger charge is 2.14. The Kier molecular flexibility index (Phi) is 2.37. The highest BCUT2D eigenvalue weighted by Crippen LogP contribution is 2.16. The molecule has 3 aromatic rings. The lowest BCUT2D eigenvalue weighted by atomic mass is 10.4. The maximum atomic E-state index is 11.8. The zero-order valence-corrected chi connectivity index (χ0v) is 10.5. The molecule has 3 aromatic heterocycles. The second-order valence-electron chi connectivity index (χ2n) is 4.18. The van der Waals surface area contributed by atoms with Gasteiger partial charge in [0.15, 0.2) is 11.5 Å². The zero-order chi connectivity index (χ0) is 13.6. The van der Waals surface area contributed by atoms with Gasteiger partial charge in [-0.1, -0.05) is 0 Å². The number of fused-ring (bicyclic) bond motifs is 1. The van der Waals surface area contributed by atoms with E-state index in [1.165, 1.54) is 4.57 Å². The van der Waals surface area contributed by atoms with Crippen LogP contribution in [0, 0.1) is 0 Å². The quantitative estimate of drug-likeness (QED) is 0.668. The number of aryl methyl sites for hydroxylation is 2. The topological polar surface area (TPSA) is 101 Å². The molecular weight excluding hydrogens is 248 g/mol. The van der Waals surface area contributed by atoms with E-state index >= 15 is 0 Å². The predicted molar refractivity (Wildman–Crippen MR) is 68.9 cm³/mol. The van der Waals surface area contributed by atoms with E-state index in [0.29, 0.717) is 18.0 Å². The van der Waals surface area contributed by atoms with E-state index in [9.17, 15) is 9.59 Å². The molecule has 0 aliphatic carbocycles. The first-order valence-corrected chi connectivity index (χ1v) is 5.81. The molecule has 2 N–H and O–H groups in total. The Morgan fingerprint density at radius 2 is 2.11 bits per heavy atom. The molecule has 0 aliphatic heterocycles. The van der Waals surface area contributed by atoms with Gasteiger partial charge in [-0.3, -0.25) is 14.3 Å². The third-order valence-corrected chi connectivity index (χ3v) is 3.01. The van der Waals surface area contributed by atoms with Crippen LogP contribution in [0.4, 0.5) is 0 Å². The fraction of sp³-hybridized carbons (Fsp3) is 0.273. The van der Waals surface area contributed by atoms with E-state index in [1.54, 1.807) is 17.1 Å². The third-order valence-electron chi connectivity index (χ3n) is 3.01. The SMILES string of the molecule is CCn1c(=O)[nH]c(=O)c2[nH]c(-c3cncn3C)nc21. The van der Waals surface area contributed by atoms with Crippen molar-refractivity contribution < 1.29 is 0 Å². The van der Waals surface area contributed by atoms with Crippen molar-refractivity contribution in [3.05, 3.63) is 33.4 Å². The van der Waals surface area contributed by atoms with Crippen molar-refractivity contribution in [2.75, 3.05) is 0 Å². The summed E-state index contributed by atoms with van der Waals surface area (Å²) in [6.07, 6.45) is 3.28. The maximum absolute atomic E-state index is 11.8. The standard InChI is InChI=1S/C11H12N6O2/c1-3-17-9-7(10(18)15-11(17)19)13-8(14-9)6-4-12-5-16(6)2/h4-5H,3H2,1-2H3,(H,13,14)(H,15,18,19). The lowest BCUT2D eigenvalue weighted by molar-refractivity contribution is 0.720. The van der Waals surface area contributed by atoms with Crippen molar-refractivity contribution >= 4 is 11.2 Å². The summed E-state index contributed by atoms with van der Waals surface area (Å²) in [5.74, 6) is 0.508. The molecule has 3 heterocycles. The van der Waals surface area contributed by atoms with Gasteiger partial charge in [-0.2, -0.15) is 0 Å². The van der Waals surface area contributed by atoms with Crippen LogP contribution in [0.15, 0.2) is 22.1 Å². The maximum Gasteiger partial charge on any atom is 0.330 e. The van der Waals surface area contributed by atoms with Crippen LogP contribution in [0.5, 0.6) is 0 Å². The first-order valence-electron chi connectivity index (χ1n) is 5.81. The molecule has 0 fully saturated rings. The van der Waals surface area contributed by atoms with E-state index in [-0.39, 0.29) is 5.52 Å². The van der Waals surface area contributed by atoms with Gasteiger partial charge >= 0.3 is 5.69 Å².